The first-order valence-electron chi connectivity index (χ1n) is 9.23. The maximum atomic E-state index is 12.6. The number of fused-ring (bicyclic) bond motifs is 1. The maximum Gasteiger partial charge on any atom is 0.302 e. The van der Waals surface area contributed by atoms with Crippen LogP contribution in [0.1, 0.15) is 41.8 Å². The maximum absolute atomic E-state index is 12.6. The number of hydrogen-bond acceptors (Lipinski definition) is 6. The smallest absolute Gasteiger partial charge is 0.302 e. The highest BCUT2D eigenvalue weighted by Gasteiger charge is 2.32. The summed E-state index contributed by atoms with van der Waals surface area (Å²) in [5.41, 5.74) is 2.13. The zero-order valence-electron chi connectivity index (χ0n) is 16.3. The Balaban J connectivity index is 1.99. The van der Waals surface area contributed by atoms with Crippen molar-refractivity contribution in [1.82, 2.24) is 0 Å². The van der Waals surface area contributed by atoms with Crippen LogP contribution in [0.3, 0.4) is 0 Å². The molecule has 1 heterocycles. The lowest BCUT2D eigenvalue weighted by molar-refractivity contribution is -0.140. The number of carbonyl (C=O) groups excluding carboxylic acids is 2. The third kappa shape index (κ3) is 4.44. The topological polar surface area (TPSA) is 71.1 Å². The molecule has 1 aliphatic rings. The van der Waals surface area contributed by atoms with Crippen molar-refractivity contribution in [2.24, 2.45) is 0 Å². The number of ketones is 1. The minimum Gasteiger partial charge on any atom is -0.496 e. The van der Waals surface area contributed by atoms with Crippen molar-refractivity contribution in [1.29, 1.82) is 0 Å². The second-order valence-electron chi connectivity index (χ2n) is 6.68. The van der Waals surface area contributed by atoms with Crippen molar-refractivity contribution < 1.29 is 28.5 Å². The van der Waals surface area contributed by atoms with E-state index in [1.807, 2.05) is 37.3 Å². The minimum atomic E-state index is -0.362. The number of esters is 1. The molecule has 0 aromatic heterocycles. The van der Waals surface area contributed by atoms with Gasteiger partial charge in [0, 0.05) is 31.4 Å². The first-order valence-corrected chi connectivity index (χ1v) is 9.23. The van der Waals surface area contributed by atoms with Crippen molar-refractivity contribution >= 4 is 11.8 Å². The molecule has 0 aliphatic carbocycles. The molecule has 148 valence electrons. The van der Waals surface area contributed by atoms with Crippen molar-refractivity contribution in [2.75, 3.05) is 13.7 Å². The Morgan fingerprint density at radius 2 is 1.96 bits per heavy atom. The van der Waals surface area contributed by atoms with Gasteiger partial charge in [-0.25, -0.2) is 0 Å². The van der Waals surface area contributed by atoms with Crippen molar-refractivity contribution in [3.05, 3.63) is 53.1 Å². The van der Waals surface area contributed by atoms with Crippen LogP contribution in [0.15, 0.2) is 36.4 Å². The summed E-state index contributed by atoms with van der Waals surface area (Å²) in [7, 11) is 1.51. The molecule has 2 aromatic rings. The van der Waals surface area contributed by atoms with Gasteiger partial charge in [-0.15, -0.1) is 0 Å². The molecule has 2 aromatic carbocycles. The van der Waals surface area contributed by atoms with Crippen LogP contribution in [0, 0.1) is 0 Å². The first-order chi connectivity index (χ1) is 13.5. The summed E-state index contributed by atoms with van der Waals surface area (Å²) >= 11 is 0. The van der Waals surface area contributed by atoms with Crippen LogP contribution < -0.4 is 14.2 Å². The zero-order chi connectivity index (χ0) is 20.1. The van der Waals surface area contributed by atoms with Gasteiger partial charge in [0.25, 0.3) is 0 Å². The van der Waals surface area contributed by atoms with Crippen LogP contribution in [0.25, 0.3) is 0 Å². The lowest BCUT2D eigenvalue weighted by Gasteiger charge is -2.27. The summed E-state index contributed by atoms with van der Waals surface area (Å²) in [6.07, 6.45) is 0.411. The van der Waals surface area contributed by atoms with Gasteiger partial charge in [0.15, 0.2) is 5.78 Å². The predicted octanol–water partition coefficient (Wildman–Crippen LogP) is 3.73. The van der Waals surface area contributed by atoms with Crippen LogP contribution in [0.5, 0.6) is 17.2 Å². The molecular formula is C22H24O6. The molecule has 0 amide bonds. The van der Waals surface area contributed by atoms with E-state index >= 15 is 0 Å². The normalized spacial score (nSPS) is 15.4. The minimum absolute atomic E-state index is 0.0334. The number of benzene rings is 2. The van der Waals surface area contributed by atoms with E-state index in [9.17, 15) is 9.59 Å². The number of rotatable bonds is 7. The van der Waals surface area contributed by atoms with E-state index in [4.69, 9.17) is 18.9 Å². The monoisotopic (exact) mass is 384 g/mol. The number of methoxy groups -OCH3 is 1. The number of Topliss-reactive ketones (excluding diaryl/α,β-unsaturated/α-hetero) is 1. The third-order valence-corrected chi connectivity index (χ3v) is 4.49. The number of ether oxygens (including phenoxy) is 4. The molecule has 0 saturated heterocycles. The summed E-state index contributed by atoms with van der Waals surface area (Å²) < 4.78 is 22.6. The second kappa shape index (κ2) is 8.78. The predicted molar refractivity (Wildman–Crippen MR) is 103 cm³/mol. The van der Waals surface area contributed by atoms with E-state index in [1.54, 1.807) is 6.07 Å². The molecule has 0 N–H and O–H groups in total. The zero-order valence-corrected chi connectivity index (χ0v) is 16.3. The van der Waals surface area contributed by atoms with E-state index in [-0.39, 0.29) is 30.9 Å². The average molecular weight is 384 g/mol. The molecule has 0 fully saturated rings. The van der Waals surface area contributed by atoms with Gasteiger partial charge in [-0.3, -0.25) is 9.59 Å². The molecule has 0 saturated carbocycles. The van der Waals surface area contributed by atoms with Gasteiger partial charge in [-0.2, -0.15) is 0 Å². The summed E-state index contributed by atoms with van der Waals surface area (Å²) in [4.78, 5) is 23.8. The third-order valence-electron chi connectivity index (χ3n) is 4.49. The Morgan fingerprint density at radius 1 is 1.21 bits per heavy atom. The van der Waals surface area contributed by atoms with Gasteiger partial charge >= 0.3 is 5.97 Å². The summed E-state index contributed by atoms with van der Waals surface area (Å²) in [5.74, 6) is 1.03. The van der Waals surface area contributed by atoms with Crippen molar-refractivity contribution in [2.45, 2.75) is 39.4 Å². The van der Waals surface area contributed by atoms with Crippen molar-refractivity contribution in [3.8, 4) is 17.2 Å². The molecule has 0 bridgehead atoms. The fourth-order valence-corrected chi connectivity index (χ4v) is 3.21. The van der Waals surface area contributed by atoms with Gasteiger partial charge in [-0.05, 0) is 12.5 Å². The Hall–Kier alpha value is -3.02. The Morgan fingerprint density at radius 3 is 2.64 bits per heavy atom. The Kier molecular flexibility index (Phi) is 6.19. The number of carbonyl (C=O) groups is 2. The molecule has 6 heteroatoms. The largest absolute Gasteiger partial charge is 0.496 e. The van der Waals surface area contributed by atoms with E-state index in [1.165, 1.54) is 14.0 Å². The molecule has 1 unspecified atom stereocenters. The fraction of sp³-hybridized carbons (Fsp3) is 0.364. The highest BCUT2D eigenvalue weighted by atomic mass is 16.5. The molecule has 28 heavy (non-hydrogen) atoms. The molecule has 1 atom stereocenters. The molecule has 6 nitrogen and oxygen atoms in total. The van der Waals surface area contributed by atoms with E-state index < -0.39 is 0 Å². The second-order valence-corrected chi connectivity index (χ2v) is 6.68. The lowest BCUT2D eigenvalue weighted by Crippen LogP contribution is -2.26. The SMILES string of the molecule is COc1cc(OCc2ccccc2)c(CCOC(C)=O)c2c1C(=O)CC(C)O2. The van der Waals surface area contributed by atoms with Gasteiger partial charge in [0.2, 0.25) is 0 Å². The van der Waals surface area contributed by atoms with Crippen LogP contribution in [-0.2, 0) is 22.6 Å². The van der Waals surface area contributed by atoms with Crippen LogP contribution in [0.2, 0.25) is 0 Å². The quantitative estimate of drug-likeness (QED) is 0.678. The first kappa shape index (κ1) is 19.7. The van der Waals surface area contributed by atoms with E-state index in [0.717, 1.165) is 5.56 Å². The molecule has 1 aliphatic heterocycles. The van der Waals surface area contributed by atoms with E-state index in [0.29, 0.717) is 41.4 Å². The standard InChI is InChI=1S/C22H24O6/c1-14-11-18(24)21-20(25-3)12-19(27-13-16-7-5-4-6-8-16)17(22(21)28-14)9-10-26-15(2)23/h4-8,12,14H,9-11,13H2,1-3H3. The highest BCUT2D eigenvalue weighted by Crippen LogP contribution is 2.43. The molecule has 0 radical (unpaired) electrons. The van der Waals surface area contributed by atoms with Crippen LogP contribution in [-0.4, -0.2) is 31.6 Å². The van der Waals surface area contributed by atoms with Gasteiger partial charge in [0.1, 0.15) is 35.5 Å². The number of hydrogen-bond donors (Lipinski definition) is 0. The van der Waals surface area contributed by atoms with Gasteiger partial charge in [-0.1, -0.05) is 30.3 Å². The van der Waals surface area contributed by atoms with Crippen molar-refractivity contribution in [3.63, 3.8) is 0 Å². The van der Waals surface area contributed by atoms with E-state index in [2.05, 4.69) is 0 Å². The van der Waals surface area contributed by atoms with Gasteiger partial charge < -0.3 is 18.9 Å². The molecule has 3 rings (SSSR count). The highest BCUT2D eigenvalue weighted by molar-refractivity contribution is 6.03. The summed E-state index contributed by atoms with van der Waals surface area (Å²) in [6, 6.07) is 11.5. The Labute approximate surface area is 164 Å². The van der Waals surface area contributed by atoms with Gasteiger partial charge in [0.05, 0.1) is 13.7 Å². The lowest BCUT2D eigenvalue weighted by atomic mass is 9.95. The fourth-order valence-electron chi connectivity index (χ4n) is 3.21. The average Bonchev–Trinajstić information content (AvgIpc) is 2.67. The Bertz CT molecular complexity index is 859. The molecular weight excluding hydrogens is 360 g/mol. The summed E-state index contributed by atoms with van der Waals surface area (Å²) in [5, 5.41) is 0. The molecule has 0 spiro atoms. The van der Waals surface area contributed by atoms with Crippen LogP contribution >= 0.6 is 0 Å². The summed E-state index contributed by atoms with van der Waals surface area (Å²) in [6.45, 7) is 3.73. The van der Waals surface area contributed by atoms with Crippen LogP contribution in [0.4, 0.5) is 0 Å².